The molecule has 0 radical (unpaired) electrons. The molecule has 3 aromatic rings. The molecule has 4 rings (SSSR count). The molecule has 174 valence electrons. The van der Waals surface area contributed by atoms with Gasteiger partial charge in [0.1, 0.15) is 11.4 Å². The van der Waals surface area contributed by atoms with Crippen LogP contribution in [0.1, 0.15) is 27.2 Å². The Labute approximate surface area is 196 Å². The lowest BCUT2D eigenvalue weighted by molar-refractivity contribution is 0.0994. The lowest BCUT2D eigenvalue weighted by Crippen LogP contribution is -2.65. The predicted octanol–water partition coefficient (Wildman–Crippen LogP) is 3.22. The highest BCUT2D eigenvalue weighted by atomic mass is 16.5. The number of aryl methyl sites for hydroxylation is 2. The lowest BCUT2D eigenvalue weighted by atomic mass is 10.1. The minimum absolute atomic E-state index is 0.105. The number of hydrogen-bond acceptors (Lipinski definition) is 6. The average Bonchev–Trinajstić information content (AvgIpc) is 2.79. The van der Waals surface area contributed by atoms with Gasteiger partial charge in [-0.2, -0.15) is 0 Å². The Bertz CT molecular complexity index is 1240. The molecule has 1 aliphatic rings. The number of imide groups is 1. The Morgan fingerprint density at radius 2 is 1.88 bits per heavy atom. The van der Waals surface area contributed by atoms with Crippen LogP contribution in [-0.2, 0) is 6.54 Å². The largest absolute Gasteiger partial charge is 0.439 e. The van der Waals surface area contributed by atoms with Crippen molar-refractivity contribution in [3.63, 3.8) is 0 Å². The van der Waals surface area contributed by atoms with Gasteiger partial charge < -0.3 is 15.8 Å². The van der Waals surface area contributed by atoms with E-state index in [9.17, 15) is 14.4 Å². The summed E-state index contributed by atoms with van der Waals surface area (Å²) in [7, 11) is 0. The number of urea groups is 2. The van der Waals surface area contributed by atoms with Crippen molar-refractivity contribution in [2.24, 2.45) is 5.73 Å². The number of rotatable bonds is 7. The summed E-state index contributed by atoms with van der Waals surface area (Å²) >= 11 is 0. The van der Waals surface area contributed by atoms with E-state index in [1.807, 2.05) is 44.2 Å². The van der Waals surface area contributed by atoms with Crippen molar-refractivity contribution in [2.45, 2.75) is 26.7 Å². The van der Waals surface area contributed by atoms with Gasteiger partial charge in [0.25, 0.3) is 5.91 Å². The Kier molecular flexibility index (Phi) is 6.30. The Hall–Kier alpha value is -4.60. The number of nitrogens with one attached hydrogen (secondary N) is 3. The number of carbonyl (C=O) groups is 3. The third-order valence-electron chi connectivity index (χ3n) is 5.20. The Morgan fingerprint density at radius 1 is 1.12 bits per heavy atom. The van der Waals surface area contributed by atoms with E-state index in [1.54, 1.807) is 24.3 Å². The monoisotopic (exact) mass is 460 g/mol. The number of nitrogens with two attached hydrogens (primary N) is 1. The van der Waals surface area contributed by atoms with Gasteiger partial charge in [0.05, 0.1) is 6.54 Å². The molecule has 1 atom stereocenters. The van der Waals surface area contributed by atoms with E-state index < -0.39 is 24.3 Å². The first-order valence-corrected chi connectivity index (χ1v) is 10.5. The number of nitrogens with zero attached hydrogens (tertiary/aromatic N) is 2. The van der Waals surface area contributed by atoms with Gasteiger partial charge in [-0.25, -0.2) is 14.6 Å². The van der Waals surface area contributed by atoms with E-state index in [2.05, 4.69) is 20.9 Å². The van der Waals surface area contributed by atoms with E-state index in [4.69, 9.17) is 10.5 Å². The standard InChI is InChI=1S/C24H24N6O4/c1-14-6-8-16(9-7-14)13-30-22(28-23(32)29-24(30)33)26-17-10-11-19(15(2)12-17)34-20-5-3-4-18(27-20)21(25)31/h3-12,22,26H,13H2,1-2H3,(H2,25,31)(H2,28,29,32,33). The minimum atomic E-state index is -0.761. The third kappa shape index (κ3) is 5.23. The summed E-state index contributed by atoms with van der Waals surface area (Å²) in [6.45, 7) is 4.13. The molecule has 1 aromatic heterocycles. The van der Waals surface area contributed by atoms with Crippen LogP contribution in [0.4, 0.5) is 15.3 Å². The van der Waals surface area contributed by atoms with Crippen LogP contribution < -0.4 is 26.4 Å². The van der Waals surface area contributed by atoms with Gasteiger partial charge in [-0.15, -0.1) is 0 Å². The maximum atomic E-state index is 12.5. The number of anilines is 1. The van der Waals surface area contributed by atoms with Crippen LogP contribution in [0.25, 0.3) is 0 Å². The molecule has 0 spiro atoms. The van der Waals surface area contributed by atoms with Crippen LogP contribution in [0, 0.1) is 13.8 Å². The van der Waals surface area contributed by atoms with Gasteiger partial charge >= 0.3 is 12.1 Å². The number of ether oxygens (including phenoxy) is 1. The van der Waals surface area contributed by atoms with Crippen LogP contribution in [0.15, 0.2) is 60.7 Å². The highest BCUT2D eigenvalue weighted by Gasteiger charge is 2.31. The van der Waals surface area contributed by atoms with Gasteiger partial charge in [-0.05, 0) is 49.2 Å². The first kappa shape index (κ1) is 22.6. The summed E-state index contributed by atoms with van der Waals surface area (Å²) in [6, 6.07) is 16.8. The highest BCUT2D eigenvalue weighted by Crippen LogP contribution is 2.27. The van der Waals surface area contributed by atoms with Crippen LogP contribution in [0.5, 0.6) is 11.6 Å². The summed E-state index contributed by atoms with van der Waals surface area (Å²) in [6.07, 6.45) is -0.761. The predicted molar refractivity (Wildman–Crippen MR) is 125 cm³/mol. The molecule has 2 aromatic carbocycles. The second kappa shape index (κ2) is 9.49. The summed E-state index contributed by atoms with van der Waals surface area (Å²) < 4.78 is 5.80. The van der Waals surface area contributed by atoms with E-state index in [0.29, 0.717) is 18.0 Å². The number of hydrogen-bond donors (Lipinski definition) is 4. The van der Waals surface area contributed by atoms with E-state index in [0.717, 1.165) is 16.7 Å². The molecule has 0 saturated carbocycles. The molecule has 1 fully saturated rings. The van der Waals surface area contributed by atoms with Gasteiger partial charge in [0, 0.05) is 11.8 Å². The fraction of sp³-hybridized carbons (Fsp3) is 0.167. The quantitative estimate of drug-likeness (QED) is 0.427. The fourth-order valence-electron chi connectivity index (χ4n) is 3.42. The first-order chi connectivity index (χ1) is 16.3. The van der Waals surface area contributed by atoms with Gasteiger partial charge in [0.2, 0.25) is 5.88 Å². The number of amides is 5. The van der Waals surface area contributed by atoms with Crippen molar-refractivity contribution < 1.29 is 19.1 Å². The van der Waals surface area contributed by atoms with Crippen LogP contribution in [0.3, 0.4) is 0 Å². The van der Waals surface area contributed by atoms with Crippen molar-refractivity contribution in [3.05, 3.63) is 83.0 Å². The second-order valence-corrected chi connectivity index (χ2v) is 7.87. The van der Waals surface area contributed by atoms with Crippen molar-refractivity contribution in [1.29, 1.82) is 0 Å². The zero-order chi connectivity index (χ0) is 24.2. The second-order valence-electron chi connectivity index (χ2n) is 7.87. The zero-order valence-corrected chi connectivity index (χ0v) is 18.7. The van der Waals surface area contributed by atoms with Gasteiger partial charge in [0.15, 0.2) is 6.29 Å². The van der Waals surface area contributed by atoms with Crippen molar-refractivity contribution in [1.82, 2.24) is 20.5 Å². The number of pyridine rings is 1. The molecule has 1 aliphatic heterocycles. The van der Waals surface area contributed by atoms with Crippen molar-refractivity contribution in [2.75, 3.05) is 5.32 Å². The van der Waals surface area contributed by atoms with Crippen LogP contribution in [0.2, 0.25) is 0 Å². The summed E-state index contributed by atoms with van der Waals surface area (Å²) in [5.41, 5.74) is 8.85. The number of carbonyl (C=O) groups excluding carboxylic acids is 3. The Balaban J connectivity index is 1.50. The third-order valence-corrected chi connectivity index (χ3v) is 5.20. The molecule has 10 heteroatoms. The maximum absolute atomic E-state index is 12.5. The Morgan fingerprint density at radius 3 is 2.59 bits per heavy atom. The first-order valence-electron chi connectivity index (χ1n) is 10.5. The summed E-state index contributed by atoms with van der Waals surface area (Å²) in [4.78, 5) is 41.4. The topological polar surface area (TPSA) is 139 Å². The van der Waals surface area contributed by atoms with Crippen LogP contribution >= 0.6 is 0 Å². The molecule has 5 amide bonds. The fourth-order valence-corrected chi connectivity index (χ4v) is 3.42. The number of aromatic nitrogens is 1. The molecule has 1 unspecified atom stereocenters. The minimum Gasteiger partial charge on any atom is -0.439 e. The van der Waals surface area contributed by atoms with E-state index >= 15 is 0 Å². The molecular formula is C24H24N6O4. The van der Waals surface area contributed by atoms with Gasteiger partial charge in [-0.3, -0.25) is 20.3 Å². The van der Waals surface area contributed by atoms with Crippen molar-refractivity contribution >= 4 is 23.7 Å². The molecule has 5 N–H and O–H groups in total. The lowest BCUT2D eigenvalue weighted by Gasteiger charge is -2.36. The molecular weight excluding hydrogens is 436 g/mol. The highest BCUT2D eigenvalue weighted by molar-refractivity contribution is 5.96. The SMILES string of the molecule is Cc1ccc(CN2C(=O)NC(=O)NC2Nc2ccc(Oc3cccc(C(N)=O)n3)c(C)c2)cc1. The average molecular weight is 460 g/mol. The van der Waals surface area contributed by atoms with E-state index in [-0.39, 0.29) is 11.6 Å². The maximum Gasteiger partial charge on any atom is 0.328 e. The zero-order valence-electron chi connectivity index (χ0n) is 18.7. The smallest absolute Gasteiger partial charge is 0.328 e. The molecule has 1 saturated heterocycles. The summed E-state index contributed by atoms with van der Waals surface area (Å²) in [5, 5.41) is 8.18. The van der Waals surface area contributed by atoms with Crippen LogP contribution in [-0.4, -0.2) is 34.1 Å². The molecule has 10 nitrogen and oxygen atoms in total. The number of primary amides is 1. The molecule has 34 heavy (non-hydrogen) atoms. The normalized spacial score (nSPS) is 15.4. The summed E-state index contributed by atoms with van der Waals surface area (Å²) in [5.74, 6) is 0.123. The van der Waals surface area contributed by atoms with Crippen molar-refractivity contribution in [3.8, 4) is 11.6 Å². The van der Waals surface area contributed by atoms with E-state index in [1.165, 1.54) is 11.0 Å². The molecule has 0 aliphatic carbocycles. The molecule has 0 bridgehead atoms. The number of benzene rings is 2. The van der Waals surface area contributed by atoms with Gasteiger partial charge in [-0.1, -0.05) is 35.9 Å². The molecule has 2 heterocycles.